The predicted molar refractivity (Wildman–Crippen MR) is 102 cm³/mol. The highest BCUT2D eigenvalue weighted by atomic mass is 19.4. The molecule has 3 rings (SSSR count). The van der Waals surface area contributed by atoms with Crippen LogP contribution in [0.4, 0.5) is 13.2 Å². The molecule has 0 bridgehead atoms. The van der Waals surface area contributed by atoms with Crippen LogP contribution in [0.1, 0.15) is 38.7 Å². The molecule has 1 heterocycles. The minimum atomic E-state index is -4.58. The predicted octanol–water partition coefficient (Wildman–Crippen LogP) is 3.54. The van der Waals surface area contributed by atoms with E-state index in [4.69, 9.17) is 0 Å². The molecule has 1 aliphatic carbocycles. The van der Waals surface area contributed by atoms with Crippen LogP contribution in [0.2, 0.25) is 0 Å². The zero-order valence-corrected chi connectivity index (χ0v) is 16.5. The molecule has 0 spiro atoms. The van der Waals surface area contributed by atoms with Crippen LogP contribution in [0.25, 0.3) is 0 Å². The van der Waals surface area contributed by atoms with Crippen molar-refractivity contribution in [1.82, 2.24) is 15.5 Å². The van der Waals surface area contributed by atoms with Crippen LogP contribution in [0.5, 0.6) is 0 Å². The van der Waals surface area contributed by atoms with Crippen molar-refractivity contribution in [2.75, 3.05) is 13.1 Å². The summed E-state index contributed by atoms with van der Waals surface area (Å²) in [4.78, 5) is 15.1. The molecule has 1 aromatic carbocycles. The van der Waals surface area contributed by atoms with Crippen LogP contribution in [0, 0.1) is 17.8 Å². The number of halogens is 3. The first kappa shape index (κ1) is 21.1. The first-order valence-corrected chi connectivity index (χ1v) is 10.1. The van der Waals surface area contributed by atoms with Gasteiger partial charge in [0, 0.05) is 19.1 Å². The largest absolute Gasteiger partial charge is 0.457 e. The lowest BCUT2D eigenvalue weighted by atomic mass is 9.95. The first-order valence-electron chi connectivity index (χ1n) is 10.1. The van der Waals surface area contributed by atoms with Crippen molar-refractivity contribution in [3.8, 4) is 0 Å². The number of benzene rings is 1. The van der Waals surface area contributed by atoms with Crippen molar-refractivity contribution < 1.29 is 18.0 Å². The van der Waals surface area contributed by atoms with Gasteiger partial charge in [-0.15, -0.1) is 0 Å². The number of nitrogens with zero attached hydrogens (tertiary/aromatic N) is 1. The zero-order chi connectivity index (χ0) is 20.3. The van der Waals surface area contributed by atoms with E-state index in [9.17, 15) is 18.0 Å². The summed E-state index contributed by atoms with van der Waals surface area (Å²) in [5.41, 5.74) is 0.945. The van der Waals surface area contributed by atoms with E-state index in [2.05, 4.69) is 5.32 Å². The van der Waals surface area contributed by atoms with Crippen LogP contribution >= 0.6 is 0 Å². The van der Waals surface area contributed by atoms with E-state index >= 15 is 0 Å². The Morgan fingerprint density at radius 3 is 2.57 bits per heavy atom. The molecular weight excluding hydrogens is 367 g/mol. The average Bonchev–Trinajstić information content (AvgIpc) is 3.21. The lowest BCUT2D eigenvalue weighted by molar-refractivity contribution is -0.174. The van der Waals surface area contributed by atoms with Crippen LogP contribution in [0.3, 0.4) is 0 Å². The number of carbonyl (C=O) groups is 1. The second-order valence-electron chi connectivity index (χ2n) is 8.50. The van der Waals surface area contributed by atoms with E-state index in [0.717, 1.165) is 31.5 Å². The minimum Gasteiger partial charge on any atom is -0.334 e. The molecule has 1 saturated heterocycles. The summed E-state index contributed by atoms with van der Waals surface area (Å²) >= 11 is 0. The maximum Gasteiger partial charge on any atom is 0.457 e. The second-order valence-corrected chi connectivity index (χ2v) is 8.50. The van der Waals surface area contributed by atoms with E-state index in [1.54, 1.807) is 10.2 Å². The third kappa shape index (κ3) is 5.26. The Labute approximate surface area is 164 Å². The lowest BCUT2D eigenvalue weighted by Gasteiger charge is -2.36. The number of amides is 1. The van der Waals surface area contributed by atoms with Crippen molar-refractivity contribution >= 4 is 5.91 Å². The number of nitrogens with one attached hydrogen (secondary N) is 2. The summed E-state index contributed by atoms with van der Waals surface area (Å²) in [7, 11) is 0. The molecule has 1 saturated carbocycles. The van der Waals surface area contributed by atoms with Gasteiger partial charge in [0.25, 0.3) is 0 Å². The number of hydrogen-bond acceptors (Lipinski definition) is 3. The molecule has 2 fully saturated rings. The molecule has 2 N–H and O–H groups in total. The van der Waals surface area contributed by atoms with Crippen LogP contribution in [-0.4, -0.2) is 42.3 Å². The smallest absolute Gasteiger partial charge is 0.334 e. The lowest BCUT2D eigenvalue weighted by Crippen LogP contribution is -2.55. The van der Waals surface area contributed by atoms with Crippen molar-refractivity contribution in [2.45, 2.75) is 58.0 Å². The highest BCUT2D eigenvalue weighted by Crippen LogP contribution is 2.38. The van der Waals surface area contributed by atoms with Crippen molar-refractivity contribution in [3.05, 3.63) is 35.9 Å². The monoisotopic (exact) mass is 397 g/mol. The summed E-state index contributed by atoms with van der Waals surface area (Å²) in [6.45, 7) is 5.79. The number of carbonyl (C=O) groups excluding carboxylic acids is 1. The summed E-state index contributed by atoms with van der Waals surface area (Å²) in [5.74, 6) is 0.368. The highest BCUT2D eigenvalue weighted by molar-refractivity contribution is 5.82. The average molecular weight is 397 g/mol. The Bertz CT molecular complexity index is 650. The van der Waals surface area contributed by atoms with Crippen molar-refractivity contribution in [1.29, 1.82) is 0 Å². The van der Waals surface area contributed by atoms with Gasteiger partial charge < -0.3 is 10.2 Å². The second kappa shape index (κ2) is 8.82. The normalized spacial score (nSPS) is 25.7. The number of alkyl halides is 3. The number of fused-ring (bicyclic) bond motifs is 1. The Kier molecular flexibility index (Phi) is 6.65. The molecule has 2 aliphatic rings. The fraction of sp³-hybridized carbons (Fsp3) is 0.667. The molecule has 7 heteroatoms. The van der Waals surface area contributed by atoms with Crippen molar-refractivity contribution in [3.63, 3.8) is 0 Å². The van der Waals surface area contributed by atoms with Crippen molar-refractivity contribution in [2.24, 2.45) is 17.8 Å². The van der Waals surface area contributed by atoms with E-state index in [1.165, 1.54) is 0 Å². The maximum atomic E-state index is 13.4. The van der Waals surface area contributed by atoms with Crippen LogP contribution in [0.15, 0.2) is 30.3 Å². The Hall–Kier alpha value is -1.60. The van der Waals surface area contributed by atoms with Crippen LogP contribution in [-0.2, 0) is 11.3 Å². The standard InChI is InChI=1S/C21H30F3N3O/c1-14(2)10-18(26-21(22,23)24)20(28)27(13-15-6-4-3-5-7-15)19-9-8-16-11-25-12-17(16)19/h3-7,14,16-19,25-26H,8-13H2,1-2H3/t16?,17?,18-,19?/m1/s1. The molecule has 1 aliphatic heterocycles. The molecule has 3 unspecified atom stereocenters. The third-order valence-corrected chi connectivity index (χ3v) is 5.94. The fourth-order valence-corrected chi connectivity index (χ4v) is 4.73. The van der Waals surface area contributed by atoms with Gasteiger partial charge in [-0.1, -0.05) is 44.2 Å². The van der Waals surface area contributed by atoms with E-state index < -0.39 is 18.2 Å². The third-order valence-electron chi connectivity index (χ3n) is 5.94. The van der Waals surface area contributed by atoms with Gasteiger partial charge >= 0.3 is 6.30 Å². The van der Waals surface area contributed by atoms with E-state index in [1.807, 2.05) is 44.2 Å². The SMILES string of the molecule is CC(C)C[C@@H](NC(F)(F)F)C(=O)N(Cc1ccccc1)C1CCC2CNCC21. The van der Waals surface area contributed by atoms with E-state index in [-0.39, 0.29) is 18.4 Å². The van der Waals surface area contributed by atoms with Gasteiger partial charge in [-0.2, -0.15) is 13.2 Å². The molecule has 4 atom stereocenters. The van der Waals surface area contributed by atoms with Gasteiger partial charge in [0.2, 0.25) is 5.91 Å². The number of hydrogen-bond donors (Lipinski definition) is 2. The quantitative estimate of drug-likeness (QED) is 0.692. The summed E-state index contributed by atoms with van der Waals surface area (Å²) in [5, 5.41) is 5.01. The van der Waals surface area contributed by atoms with Gasteiger partial charge in [-0.25, -0.2) is 5.32 Å². The molecule has 4 nitrogen and oxygen atoms in total. The summed E-state index contributed by atoms with van der Waals surface area (Å²) in [6.07, 6.45) is -2.55. The molecule has 156 valence electrons. The Morgan fingerprint density at radius 1 is 1.21 bits per heavy atom. The molecule has 28 heavy (non-hydrogen) atoms. The summed E-state index contributed by atoms with van der Waals surface area (Å²) < 4.78 is 39.3. The van der Waals surface area contributed by atoms with Crippen LogP contribution < -0.4 is 10.6 Å². The van der Waals surface area contributed by atoms with Gasteiger partial charge in [-0.3, -0.25) is 4.79 Å². The topological polar surface area (TPSA) is 44.4 Å². The zero-order valence-electron chi connectivity index (χ0n) is 16.5. The van der Waals surface area contributed by atoms with E-state index in [0.29, 0.717) is 18.4 Å². The maximum absolute atomic E-state index is 13.4. The highest BCUT2D eigenvalue weighted by Gasteiger charge is 2.45. The molecule has 1 aromatic rings. The number of rotatable bonds is 7. The first-order chi connectivity index (χ1) is 13.2. The van der Waals surface area contributed by atoms with Gasteiger partial charge in [0.15, 0.2) is 0 Å². The molecule has 0 radical (unpaired) electrons. The Balaban J connectivity index is 1.86. The molecular formula is C21H30F3N3O. The van der Waals surface area contributed by atoms with Gasteiger partial charge in [-0.05, 0) is 49.1 Å². The fourth-order valence-electron chi connectivity index (χ4n) is 4.73. The molecule has 0 aromatic heterocycles. The Morgan fingerprint density at radius 2 is 1.93 bits per heavy atom. The van der Waals surface area contributed by atoms with Gasteiger partial charge in [0.05, 0.1) is 6.04 Å². The molecule has 1 amide bonds. The van der Waals surface area contributed by atoms with Gasteiger partial charge in [0.1, 0.15) is 0 Å². The minimum absolute atomic E-state index is 0.0163. The summed E-state index contributed by atoms with van der Waals surface area (Å²) in [6, 6.07) is 8.27.